The molecule has 0 aliphatic carbocycles. The van der Waals surface area contributed by atoms with Crippen LogP contribution in [0.4, 0.5) is 0 Å². The van der Waals surface area contributed by atoms with Gasteiger partial charge in [0.1, 0.15) is 9.84 Å². The molecule has 0 aromatic carbocycles. The Morgan fingerprint density at radius 1 is 1.47 bits per heavy atom. The van der Waals surface area contributed by atoms with Gasteiger partial charge in [-0.05, 0) is 19.3 Å². The van der Waals surface area contributed by atoms with Crippen LogP contribution in [0.2, 0.25) is 0 Å². The second kappa shape index (κ2) is 8.09. The molecule has 1 amide bonds. The van der Waals surface area contributed by atoms with Crippen molar-refractivity contribution in [3.8, 4) is 12.3 Å². The highest BCUT2D eigenvalue weighted by atomic mass is 32.2. The molecule has 0 aliphatic rings. The maximum absolute atomic E-state index is 11.4. The van der Waals surface area contributed by atoms with Crippen molar-refractivity contribution in [3.63, 3.8) is 0 Å². The molecule has 0 saturated heterocycles. The first-order chi connectivity index (χ1) is 7.87. The second-order valence-corrected chi connectivity index (χ2v) is 6.24. The predicted molar refractivity (Wildman–Crippen MR) is 68.0 cm³/mol. The van der Waals surface area contributed by atoms with E-state index in [4.69, 9.17) is 12.2 Å². The van der Waals surface area contributed by atoms with Crippen molar-refractivity contribution in [1.29, 1.82) is 0 Å². The lowest BCUT2D eigenvalue weighted by molar-refractivity contribution is -0.122. The zero-order valence-corrected chi connectivity index (χ0v) is 10.9. The third kappa shape index (κ3) is 9.85. The average molecular weight is 260 g/mol. The Morgan fingerprint density at radius 2 is 2.12 bits per heavy atom. The van der Waals surface area contributed by atoms with Gasteiger partial charge in [0.05, 0.1) is 11.8 Å². The van der Waals surface area contributed by atoms with Gasteiger partial charge in [-0.25, -0.2) is 8.42 Å². The summed E-state index contributed by atoms with van der Waals surface area (Å²) in [7, 11) is -3.07. The van der Waals surface area contributed by atoms with Crippen LogP contribution in [0.5, 0.6) is 0 Å². The third-order valence-electron chi connectivity index (χ3n) is 2.18. The number of terminal acetylenes is 1. The molecular weight excluding hydrogens is 240 g/mol. The lowest BCUT2D eigenvalue weighted by Gasteiger charge is -2.11. The summed E-state index contributed by atoms with van der Waals surface area (Å²) in [5.74, 6) is 2.13. The van der Waals surface area contributed by atoms with E-state index in [1.165, 1.54) is 0 Å². The van der Waals surface area contributed by atoms with Gasteiger partial charge in [0.2, 0.25) is 5.91 Å². The first-order valence-corrected chi connectivity index (χ1v) is 7.57. The van der Waals surface area contributed by atoms with Gasteiger partial charge in [0.25, 0.3) is 0 Å². The Morgan fingerprint density at radius 3 is 2.65 bits per heavy atom. The van der Waals surface area contributed by atoms with Crippen molar-refractivity contribution < 1.29 is 13.2 Å². The molecule has 98 valence electrons. The number of sulfone groups is 1. The largest absolute Gasteiger partial charge is 0.355 e. The van der Waals surface area contributed by atoms with Crippen molar-refractivity contribution in [2.45, 2.75) is 31.7 Å². The molecule has 0 fully saturated rings. The molecule has 1 unspecified atom stereocenters. The smallest absolute Gasteiger partial charge is 0.236 e. The molecule has 0 rings (SSSR count). The summed E-state index contributed by atoms with van der Waals surface area (Å²) >= 11 is 0. The number of rotatable bonds is 8. The molecule has 6 heteroatoms. The highest BCUT2D eigenvalue weighted by Crippen LogP contribution is 1.95. The normalized spacial score (nSPS) is 12.8. The number of nitrogens with one attached hydrogen (secondary N) is 1. The van der Waals surface area contributed by atoms with E-state index in [0.29, 0.717) is 13.0 Å². The molecule has 5 nitrogen and oxygen atoms in total. The van der Waals surface area contributed by atoms with Gasteiger partial charge >= 0.3 is 0 Å². The van der Waals surface area contributed by atoms with E-state index in [1.54, 1.807) is 0 Å². The van der Waals surface area contributed by atoms with E-state index in [0.717, 1.165) is 19.1 Å². The Labute approximate surface area is 103 Å². The van der Waals surface area contributed by atoms with Crippen LogP contribution in [0.15, 0.2) is 0 Å². The Hall–Kier alpha value is -1.06. The fourth-order valence-corrected chi connectivity index (χ4v) is 1.85. The fourth-order valence-electron chi connectivity index (χ4n) is 1.17. The van der Waals surface area contributed by atoms with Crippen molar-refractivity contribution in [2.75, 3.05) is 18.6 Å². The molecule has 0 bridgehead atoms. The molecule has 0 aromatic heterocycles. The van der Waals surface area contributed by atoms with Crippen LogP contribution in [0.3, 0.4) is 0 Å². The summed E-state index contributed by atoms with van der Waals surface area (Å²) < 4.78 is 21.8. The van der Waals surface area contributed by atoms with Crippen LogP contribution in [0.1, 0.15) is 25.7 Å². The third-order valence-corrected chi connectivity index (χ3v) is 3.16. The van der Waals surface area contributed by atoms with Gasteiger partial charge in [-0.3, -0.25) is 4.79 Å². The highest BCUT2D eigenvalue weighted by molar-refractivity contribution is 7.90. The number of carbonyl (C=O) groups excluding carboxylic acids is 1. The lowest BCUT2D eigenvalue weighted by Crippen LogP contribution is -2.41. The van der Waals surface area contributed by atoms with Crippen molar-refractivity contribution in [1.82, 2.24) is 5.32 Å². The Bertz CT molecular complexity index is 371. The maximum atomic E-state index is 11.4. The van der Waals surface area contributed by atoms with Gasteiger partial charge in [-0.2, -0.15) is 0 Å². The predicted octanol–water partition coefficient (Wildman–Crippen LogP) is -0.332. The highest BCUT2D eigenvalue weighted by Gasteiger charge is 2.15. The molecule has 0 aromatic rings. The molecule has 1 atom stereocenters. The van der Waals surface area contributed by atoms with E-state index in [2.05, 4.69) is 11.2 Å². The molecule has 17 heavy (non-hydrogen) atoms. The minimum Gasteiger partial charge on any atom is -0.355 e. The average Bonchev–Trinajstić information content (AvgIpc) is 2.24. The number of hydrogen-bond donors (Lipinski definition) is 2. The Kier molecular flexibility index (Phi) is 7.59. The van der Waals surface area contributed by atoms with Crippen molar-refractivity contribution in [3.05, 3.63) is 0 Å². The first kappa shape index (κ1) is 15.9. The van der Waals surface area contributed by atoms with Crippen LogP contribution >= 0.6 is 0 Å². The summed E-state index contributed by atoms with van der Waals surface area (Å²) in [6, 6.07) is -0.766. The maximum Gasteiger partial charge on any atom is 0.236 e. The zero-order valence-electron chi connectivity index (χ0n) is 10.1. The van der Waals surface area contributed by atoms with E-state index >= 15 is 0 Å². The van der Waals surface area contributed by atoms with Gasteiger partial charge in [0.15, 0.2) is 0 Å². The minimum atomic E-state index is -3.07. The lowest BCUT2D eigenvalue weighted by atomic mass is 10.2. The number of unbranched alkanes of at least 4 members (excludes halogenated alkanes) is 2. The van der Waals surface area contributed by atoms with Gasteiger partial charge in [-0.15, -0.1) is 12.3 Å². The molecule has 3 N–H and O–H groups in total. The van der Waals surface area contributed by atoms with E-state index < -0.39 is 15.9 Å². The number of amides is 1. The van der Waals surface area contributed by atoms with Crippen LogP contribution in [0, 0.1) is 12.3 Å². The fraction of sp³-hybridized carbons (Fsp3) is 0.727. The zero-order chi connectivity index (χ0) is 13.3. The second-order valence-electron chi connectivity index (χ2n) is 3.98. The van der Waals surface area contributed by atoms with E-state index in [-0.39, 0.29) is 18.1 Å². The minimum absolute atomic E-state index is 0.0708. The van der Waals surface area contributed by atoms with Crippen LogP contribution in [-0.4, -0.2) is 38.9 Å². The summed E-state index contributed by atoms with van der Waals surface area (Å²) in [5, 5.41) is 2.65. The van der Waals surface area contributed by atoms with Gasteiger partial charge < -0.3 is 11.1 Å². The van der Waals surface area contributed by atoms with Crippen molar-refractivity contribution >= 4 is 15.7 Å². The number of nitrogens with two attached hydrogens (primary N) is 1. The molecule has 0 radical (unpaired) electrons. The Balaban J connectivity index is 3.72. The topological polar surface area (TPSA) is 89.3 Å². The van der Waals surface area contributed by atoms with Gasteiger partial charge in [-0.1, -0.05) is 0 Å². The first-order valence-electron chi connectivity index (χ1n) is 5.51. The summed E-state index contributed by atoms with van der Waals surface area (Å²) in [5.41, 5.74) is 5.56. The monoisotopic (exact) mass is 260 g/mol. The standard InChI is InChI=1S/C11H20N2O3S/c1-3-4-5-6-8-13-11(14)10(12)7-9-17(2,15)16/h1,10H,4-9,12H2,2H3,(H,13,14). The summed E-state index contributed by atoms with van der Waals surface area (Å²) in [6.07, 6.45) is 8.70. The summed E-state index contributed by atoms with van der Waals surface area (Å²) in [4.78, 5) is 11.4. The molecule has 0 spiro atoms. The molecule has 0 aliphatic heterocycles. The summed E-state index contributed by atoms with van der Waals surface area (Å²) in [6.45, 7) is 0.521. The molecular formula is C11H20N2O3S. The van der Waals surface area contributed by atoms with Crippen LogP contribution < -0.4 is 11.1 Å². The SMILES string of the molecule is C#CCCCCNC(=O)C(N)CCS(C)(=O)=O. The van der Waals surface area contributed by atoms with Crippen LogP contribution in [-0.2, 0) is 14.6 Å². The number of hydrogen-bond acceptors (Lipinski definition) is 4. The van der Waals surface area contributed by atoms with Crippen molar-refractivity contribution in [2.24, 2.45) is 5.73 Å². The van der Waals surface area contributed by atoms with Crippen LogP contribution in [0.25, 0.3) is 0 Å². The quantitative estimate of drug-likeness (QED) is 0.462. The number of carbonyl (C=O) groups is 1. The van der Waals surface area contributed by atoms with Gasteiger partial charge in [0, 0.05) is 19.2 Å². The molecule has 0 heterocycles. The van der Waals surface area contributed by atoms with E-state index in [9.17, 15) is 13.2 Å². The van der Waals surface area contributed by atoms with E-state index in [1.807, 2.05) is 0 Å². The molecule has 0 saturated carbocycles.